The lowest BCUT2D eigenvalue weighted by molar-refractivity contribution is -0.0914. The third-order valence-electron chi connectivity index (χ3n) is 3.06. The van der Waals surface area contributed by atoms with Crippen molar-refractivity contribution < 1.29 is 19.0 Å². The first-order valence-electron chi connectivity index (χ1n) is 6.24. The Morgan fingerprint density at radius 1 is 1.33 bits per heavy atom. The molecule has 0 aliphatic rings. The number of carbonyl (C=O) groups excluding carboxylic acids is 1. The van der Waals surface area contributed by atoms with Crippen molar-refractivity contribution in [1.82, 2.24) is 9.97 Å². The van der Waals surface area contributed by atoms with Crippen LogP contribution in [0.2, 0.25) is 0 Å². The Labute approximate surface area is 126 Å². The maximum absolute atomic E-state index is 11.8. The highest BCUT2D eigenvalue weighted by Crippen LogP contribution is 2.33. The van der Waals surface area contributed by atoms with Gasteiger partial charge in [0, 0.05) is 14.2 Å². The molecule has 7 nitrogen and oxygen atoms in total. The van der Waals surface area contributed by atoms with Crippen LogP contribution in [0.5, 0.6) is 0 Å². The van der Waals surface area contributed by atoms with Gasteiger partial charge < -0.3 is 19.5 Å². The van der Waals surface area contributed by atoms with Gasteiger partial charge in [-0.15, -0.1) is 11.3 Å². The summed E-state index contributed by atoms with van der Waals surface area (Å²) in [6.07, 6.45) is 1.07. The van der Waals surface area contributed by atoms with Crippen molar-refractivity contribution in [3.05, 3.63) is 16.8 Å². The molecule has 0 saturated carbocycles. The summed E-state index contributed by atoms with van der Waals surface area (Å²) in [5.74, 6) is 0.274. The van der Waals surface area contributed by atoms with Gasteiger partial charge >= 0.3 is 5.97 Å². The lowest BCUT2D eigenvalue weighted by atomic mass is 10.2. The Hall–Kier alpha value is -1.77. The van der Waals surface area contributed by atoms with Gasteiger partial charge in [-0.25, -0.2) is 14.8 Å². The van der Waals surface area contributed by atoms with Gasteiger partial charge in [0.15, 0.2) is 6.29 Å². The molecule has 0 spiro atoms. The van der Waals surface area contributed by atoms with E-state index >= 15 is 0 Å². The number of aromatic nitrogens is 2. The summed E-state index contributed by atoms with van der Waals surface area (Å²) in [6.45, 7) is 2.28. The van der Waals surface area contributed by atoms with E-state index in [1.165, 1.54) is 24.8 Å². The molecule has 0 bridgehead atoms. The molecule has 1 N–H and O–H groups in total. The van der Waals surface area contributed by atoms with Crippen LogP contribution in [0.4, 0.5) is 5.82 Å². The molecule has 0 aromatic carbocycles. The molecule has 0 radical (unpaired) electrons. The van der Waals surface area contributed by atoms with Gasteiger partial charge in [-0.05, 0) is 12.5 Å². The molecule has 114 valence electrons. The molecule has 0 unspecified atom stereocenters. The quantitative estimate of drug-likeness (QED) is 0.643. The number of hydrogen-bond donors (Lipinski definition) is 1. The van der Waals surface area contributed by atoms with Crippen molar-refractivity contribution in [3.63, 3.8) is 0 Å². The molecule has 0 amide bonds. The Balaban J connectivity index is 2.36. The van der Waals surface area contributed by atoms with Crippen LogP contribution in [0.1, 0.15) is 15.2 Å². The first kappa shape index (κ1) is 15.6. The summed E-state index contributed by atoms with van der Waals surface area (Å²) < 4.78 is 15.0. The number of hydrogen-bond acceptors (Lipinski definition) is 8. The number of rotatable bonds is 6. The Morgan fingerprint density at radius 2 is 2.05 bits per heavy atom. The van der Waals surface area contributed by atoms with E-state index in [-0.39, 0.29) is 12.3 Å². The minimum Gasteiger partial charge on any atom is -0.465 e. The largest absolute Gasteiger partial charge is 0.465 e. The summed E-state index contributed by atoms with van der Waals surface area (Å²) in [6, 6.07) is 0. The van der Waals surface area contributed by atoms with Gasteiger partial charge in [0.2, 0.25) is 0 Å². The second-order valence-corrected chi connectivity index (χ2v) is 5.23. The zero-order valence-corrected chi connectivity index (χ0v) is 13.1. The Morgan fingerprint density at radius 3 is 2.67 bits per heavy atom. The number of esters is 1. The van der Waals surface area contributed by atoms with E-state index in [9.17, 15) is 4.79 Å². The predicted molar refractivity (Wildman–Crippen MR) is 79.8 cm³/mol. The number of nitrogens with zero attached hydrogens (tertiary/aromatic N) is 2. The van der Waals surface area contributed by atoms with Crippen LogP contribution < -0.4 is 5.32 Å². The van der Waals surface area contributed by atoms with Crippen molar-refractivity contribution in [2.75, 3.05) is 33.2 Å². The fourth-order valence-electron chi connectivity index (χ4n) is 1.94. The van der Waals surface area contributed by atoms with Crippen LogP contribution in [-0.4, -0.2) is 50.1 Å². The van der Waals surface area contributed by atoms with Crippen LogP contribution in [0.25, 0.3) is 10.2 Å². The lowest BCUT2D eigenvalue weighted by Crippen LogP contribution is -2.24. The van der Waals surface area contributed by atoms with Crippen molar-refractivity contribution in [2.45, 2.75) is 13.2 Å². The molecular formula is C13H17N3O4S. The standard InChI is InChI=1S/C13H17N3O4S/c1-7-9-11(14-5-8(18-2)19-3)15-6-16-12(9)21-10(7)13(17)20-4/h6,8H,5H2,1-4H3,(H,14,15,16). The fourth-order valence-corrected chi connectivity index (χ4v) is 3.00. The molecule has 0 atom stereocenters. The van der Waals surface area contributed by atoms with Crippen molar-refractivity contribution in [3.8, 4) is 0 Å². The molecule has 8 heteroatoms. The fraction of sp³-hybridized carbons (Fsp3) is 0.462. The van der Waals surface area contributed by atoms with E-state index in [0.717, 1.165) is 15.8 Å². The van der Waals surface area contributed by atoms with E-state index in [4.69, 9.17) is 14.2 Å². The SMILES string of the molecule is COC(=O)c1sc2ncnc(NCC(OC)OC)c2c1C. The molecule has 2 heterocycles. The maximum atomic E-state index is 11.8. The summed E-state index contributed by atoms with van der Waals surface area (Å²) in [4.78, 5) is 21.5. The van der Waals surface area contributed by atoms with Gasteiger partial charge in [0.05, 0.1) is 19.0 Å². The van der Waals surface area contributed by atoms with Gasteiger partial charge in [-0.3, -0.25) is 0 Å². The molecule has 2 aromatic heterocycles. The summed E-state index contributed by atoms with van der Waals surface area (Å²) in [5.41, 5.74) is 0.802. The van der Waals surface area contributed by atoms with Crippen LogP contribution >= 0.6 is 11.3 Å². The number of fused-ring (bicyclic) bond motifs is 1. The van der Waals surface area contributed by atoms with Crippen molar-refractivity contribution >= 4 is 33.3 Å². The van der Waals surface area contributed by atoms with E-state index < -0.39 is 0 Å². The minimum atomic E-state index is -0.381. The zero-order valence-electron chi connectivity index (χ0n) is 12.3. The Bertz CT molecular complexity index is 640. The number of aryl methyl sites for hydroxylation is 1. The highest BCUT2D eigenvalue weighted by atomic mass is 32.1. The molecule has 0 fully saturated rings. The van der Waals surface area contributed by atoms with Gasteiger partial charge in [0.25, 0.3) is 0 Å². The van der Waals surface area contributed by atoms with Crippen LogP contribution in [0, 0.1) is 6.92 Å². The van der Waals surface area contributed by atoms with Gasteiger partial charge in [0.1, 0.15) is 21.9 Å². The molecule has 0 aliphatic carbocycles. The first-order valence-corrected chi connectivity index (χ1v) is 7.05. The second kappa shape index (κ2) is 6.79. The molecular weight excluding hydrogens is 294 g/mol. The summed E-state index contributed by atoms with van der Waals surface area (Å²) >= 11 is 1.29. The number of anilines is 1. The molecule has 2 aromatic rings. The number of ether oxygens (including phenoxy) is 3. The number of thiophene rings is 1. The highest BCUT2D eigenvalue weighted by Gasteiger charge is 2.20. The van der Waals surface area contributed by atoms with Gasteiger partial charge in [-0.2, -0.15) is 0 Å². The molecule has 2 rings (SSSR count). The van der Waals surface area contributed by atoms with E-state index in [1.54, 1.807) is 14.2 Å². The average molecular weight is 311 g/mol. The van der Waals surface area contributed by atoms with E-state index in [2.05, 4.69) is 15.3 Å². The summed E-state index contributed by atoms with van der Waals surface area (Å²) in [7, 11) is 4.49. The van der Waals surface area contributed by atoms with Crippen molar-refractivity contribution in [1.29, 1.82) is 0 Å². The molecule has 21 heavy (non-hydrogen) atoms. The maximum Gasteiger partial charge on any atom is 0.348 e. The van der Waals surface area contributed by atoms with E-state index in [1.807, 2.05) is 6.92 Å². The monoisotopic (exact) mass is 311 g/mol. The predicted octanol–water partition coefficient (Wildman–Crippen LogP) is 1.82. The second-order valence-electron chi connectivity index (χ2n) is 4.23. The minimum absolute atomic E-state index is 0.367. The lowest BCUT2D eigenvalue weighted by Gasteiger charge is -2.14. The van der Waals surface area contributed by atoms with Gasteiger partial charge in [-0.1, -0.05) is 0 Å². The van der Waals surface area contributed by atoms with Crippen LogP contribution in [0.3, 0.4) is 0 Å². The van der Waals surface area contributed by atoms with Crippen molar-refractivity contribution in [2.24, 2.45) is 0 Å². The van der Waals surface area contributed by atoms with Crippen LogP contribution in [0.15, 0.2) is 6.33 Å². The molecule has 0 saturated heterocycles. The first-order chi connectivity index (χ1) is 10.1. The number of methoxy groups -OCH3 is 3. The smallest absolute Gasteiger partial charge is 0.348 e. The number of nitrogens with one attached hydrogen (secondary N) is 1. The number of carbonyl (C=O) groups is 1. The third kappa shape index (κ3) is 3.12. The highest BCUT2D eigenvalue weighted by molar-refractivity contribution is 7.20. The van der Waals surface area contributed by atoms with E-state index in [0.29, 0.717) is 17.2 Å². The average Bonchev–Trinajstić information content (AvgIpc) is 2.85. The topological polar surface area (TPSA) is 82.6 Å². The van der Waals surface area contributed by atoms with Crippen LogP contribution in [-0.2, 0) is 14.2 Å². The molecule has 0 aliphatic heterocycles. The third-order valence-corrected chi connectivity index (χ3v) is 4.24. The summed E-state index contributed by atoms with van der Waals surface area (Å²) in [5, 5.41) is 3.97. The Kier molecular flexibility index (Phi) is 5.05. The normalized spacial score (nSPS) is 11.1. The zero-order chi connectivity index (χ0) is 15.4.